The molecule has 1 atom stereocenters. The Labute approximate surface area is 136 Å². The van der Waals surface area contributed by atoms with Gasteiger partial charge in [-0.3, -0.25) is 4.79 Å². The van der Waals surface area contributed by atoms with Crippen LogP contribution >= 0.6 is 11.8 Å². The number of rotatable bonds is 6. The standard InChI is InChI=1S/C18H21NO2S/c1-4-21-17-8-6-5-7-16(17)19-18(20)14(3)22-15-11-9-13(2)10-12-15/h5-12,14H,4H2,1-3H3,(H,19,20)/t14-/m0/s1. The predicted molar refractivity (Wildman–Crippen MR) is 92.7 cm³/mol. The summed E-state index contributed by atoms with van der Waals surface area (Å²) >= 11 is 1.55. The Morgan fingerprint density at radius 2 is 1.86 bits per heavy atom. The van der Waals surface area contributed by atoms with Crippen LogP contribution in [0.3, 0.4) is 0 Å². The second kappa shape index (κ2) is 7.90. The second-order valence-electron chi connectivity index (χ2n) is 4.99. The van der Waals surface area contributed by atoms with E-state index in [0.29, 0.717) is 18.0 Å². The summed E-state index contributed by atoms with van der Waals surface area (Å²) in [6.45, 7) is 6.45. The molecular weight excluding hydrogens is 294 g/mol. The van der Waals surface area contributed by atoms with Crippen molar-refractivity contribution in [1.29, 1.82) is 0 Å². The van der Waals surface area contributed by atoms with E-state index >= 15 is 0 Å². The Hall–Kier alpha value is -1.94. The van der Waals surface area contributed by atoms with Crippen molar-refractivity contribution in [1.82, 2.24) is 0 Å². The fourth-order valence-electron chi connectivity index (χ4n) is 1.96. The Bertz CT molecular complexity index is 625. The molecule has 0 unspecified atom stereocenters. The van der Waals surface area contributed by atoms with Crippen LogP contribution in [0.4, 0.5) is 5.69 Å². The van der Waals surface area contributed by atoms with Crippen molar-refractivity contribution in [2.24, 2.45) is 0 Å². The number of carbonyl (C=O) groups excluding carboxylic acids is 1. The van der Waals surface area contributed by atoms with Gasteiger partial charge < -0.3 is 10.1 Å². The van der Waals surface area contributed by atoms with E-state index in [0.717, 1.165) is 4.90 Å². The van der Waals surface area contributed by atoms with Crippen LogP contribution in [0, 0.1) is 6.92 Å². The molecule has 0 aromatic heterocycles. The number of carbonyl (C=O) groups is 1. The summed E-state index contributed by atoms with van der Waals surface area (Å²) in [5.74, 6) is 0.670. The molecule has 0 radical (unpaired) electrons. The van der Waals surface area contributed by atoms with Crippen LogP contribution in [-0.4, -0.2) is 17.8 Å². The van der Waals surface area contributed by atoms with Gasteiger partial charge in [-0.2, -0.15) is 0 Å². The number of anilines is 1. The summed E-state index contributed by atoms with van der Waals surface area (Å²) in [6, 6.07) is 15.7. The number of hydrogen-bond acceptors (Lipinski definition) is 3. The average Bonchev–Trinajstić information content (AvgIpc) is 2.51. The molecule has 0 saturated carbocycles. The van der Waals surface area contributed by atoms with Crippen molar-refractivity contribution in [3.63, 3.8) is 0 Å². The van der Waals surface area contributed by atoms with Crippen molar-refractivity contribution in [3.8, 4) is 5.75 Å². The van der Waals surface area contributed by atoms with Crippen molar-refractivity contribution >= 4 is 23.4 Å². The topological polar surface area (TPSA) is 38.3 Å². The lowest BCUT2D eigenvalue weighted by Crippen LogP contribution is -2.22. The lowest BCUT2D eigenvalue weighted by atomic mass is 10.2. The Balaban J connectivity index is 2.01. The fourth-order valence-corrected chi connectivity index (χ4v) is 2.83. The zero-order valence-electron chi connectivity index (χ0n) is 13.1. The summed E-state index contributed by atoms with van der Waals surface area (Å²) in [5.41, 5.74) is 1.93. The van der Waals surface area contributed by atoms with Gasteiger partial charge in [0.1, 0.15) is 5.75 Å². The summed E-state index contributed by atoms with van der Waals surface area (Å²) in [5, 5.41) is 2.76. The van der Waals surface area contributed by atoms with Gasteiger partial charge in [0.25, 0.3) is 0 Å². The highest BCUT2D eigenvalue weighted by molar-refractivity contribution is 8.00. The van der Waals surface area contributed by atoms with Gasteiger partial charge in [0, 0.05) is 4.90 Å². The van der Waals surface area contributed by atoms with Crippen molar-refractivity contribution in [2.45, 2.75) is 30.9 Å². The van der Waals surface area contributed by atoms with Gasteiger partial charge in [0.15, 0.2) is 0 Å². The monoisotopic (exact) mass is 315 g/mol. The minimum atomic E-state index is -0.183. The molecule has 22 heavy (non-hydrogen) atoms. The van der Waals surface area contributed by atoms with E-state index in [4.69, 9.17) is 4.74 Å². The molecule has 0 bridgehead atoms. The zero-order valence-corrected chi connectivity index (χ0v) is 13.9. The molecule has 3 nitrogen and oxygen atoms in total. The minimum absolute atomic E-state index is 0.0299. The molecule has 116 valence electrons. The second-order valence-corrected chi connectivity index (χ2v) is 6.41. The molecule has 2 rings (SSSR count). The highest BCUT2D eigenvalue weighted by atomic mass is 32.2. The highest BCUT2D eigenvalue weighted by Crippen LogP contribution is 2.27. The smallest absolute Gasteiger partial charge is 0.237 e. The maximum atomic E-state index is 12.4. The van der Waals surface area contributed by atoms with E-state index < -0.39 is 0 Å². The number of amides is 1. The number of aryl methyl sites for hydroxylation is 1. The first-order valence-corrected chi connectivity index (χ1v) is 8.24. The van der Waals surface area contributed by atoms with Crippen LogP contribution in [0.15, 0.2) is 53.4 Å². The van der Waals surface area contributed by atoms with E-state index in [2.05, 4.69) is 24.4 Å². The van der Waals surface area contributed by atoms with Gasteiger partial charge in [0.05, 0.1) is 17.5 Å². The summed E-state index contributed by atoms with van der Waals surface area (Å²) < 4.78 is 5.53. The normalized spacial score (nSPS) is 11.8. The largest absolute Gasteiger partial charge is 0.492 e. The third kappa shape index (κ3) is 4.53. The predicted octanol–water partition coefficient (Wildman–Crippen LogP) is 4.51. The van der Waals surface area contributed by atoms with Gasteiger partial charge in [-0.1, -0.05) is 29.8 Å². The number of hydrogen-bond donors (Lipinski definition) is 1. The first kappa shape index (κ1) is 16.4. The number of nitrogens with one attached hydrogen (secondary N) is 1. The minimum Gasteiger partial charge on any atom is -0.492 e. The van der Waals surface area contributed by atoms with Crippen LogP contribution in [-0.2, 0) is 4.79 Å². The van der Waals surface area contributed by atoms with Crippen LogP contribution < -0.4 is 10.1 Å². The van der Waals surface area contributed by atoms with Gasteiger partial charge in [-0.25, -0.2) is 0 Å². The van der Waals surface area contributed by atoms with Crippen LogP contribution in [0.25, 0.3) is 0 Å². The van der Waals surface area contributed by atoms with Crippen molar-refractivity contribution in [3.05, 3.63) is 54.1 Å². The van der Waals surface area contributed by atoms with Crippen molar-refractivity contribution < 1.29 is 9.53 Å². The lowest BCUT2D eigenvalue weighted by Gasteiger charge is -2.15. The Morgan fingerprint density at radius 1 is 1.18 bits per heavy atom. The molecule has 0 heterocycles. The van der Waals surface area contributed by atoms with Gasteiger partial charge >= 0.3 is 0 Å². The maximum absolute atomic E-state index is 12.4. The highest BCUT2D eigenvalue weighted by Gasteiger charge is 2.16. The Morgan fingerprint density at radius 3 is 2.55 bits per heavy atom. The average molecular weight is 315 g/mol. The SMILES string of the molecule is CCOc1ccccc1NC(=O)[C@H](C)Sc1ccc(C)cc1. The fraction of sp³-hybridized carbons (Fsp3) is 0.278. The van der Waals surface area contributed by atoms with E-state index in [9.17, 15) is 4.79 Å². The van der Waals surface area contributed by atoms with Gasteiger partial charge in [0.2, 0.25) is 5.91 Å². The summed E-state index contributed by atoms with van der Waals surface area (Å²) in [6.07, 6.45) is 0. The summed E-state index contributed by atoms with van der Waals surface area (Å²) in [7, 11) is 0. The lowest BCUT2D eigenvalue weighted by molar-refractivity contribution is -0.115. The molecule has 0 aliphatic heterocycles. The zero-order chi connectivity index (χ0) is 15.9. The molecule has 2 aromatic carbocycles. The number of benzene rings is 2. The molecule has 1 amide bonds. The summed E-state index contributed by atoms with van der Waals surface area (Å²) in [4.78, 5) is 13.4. The van der Waals surface area contributed by atoms with Crippen molar-refractivity contribution in [2.75, 3.05) is 11.9 Å². The molecule has 1 N–H and O–H groups in total. The first-order chi connectivity index (χ1) is 10.6. The quantitative estimate of drug-likeness (QED) is 0.797. The molecule has 2 aromatic rings. The molecule has 4 heteroatoms. The maximum Gasteiger partial charge on any atom is 0.237 e. The molecule has 0 fully saturated rings. The van der Waals surface area contributed by atoms with Crippen LogP contribution in [0.5, 0.6) is 5.75 Å². The molecule has 0 saturated heterocycles. The first-order valence-electron chi connectivity index (χ1n) is 7.36. The number of ether oxygens (including phenoxy) is 1. The molecular formula is C18H21NO2S. The third-order valence-corrected chi connectivity index (χ3v) is 4.26. The number of thioether (sulfide) groups is 1. The number of para-hydroxylation sites is 2. The molecule has 0 aliphatic carbocycles. The van der Waals surface area contributed by atoms with E-state index in [1.807, 2.05) is 50.2 Å². The molecule has 0 aliphatic rings. The molecule has 0 spiro atoms. The van der Waals surface area contributed by atoms with E-state index in [1.165, 1.54) is 5.56 Å². The van der Waals surface area contributed by atoms with E-state index in [-0.39, 0.29) is 11.2 Å². The third-order valence-electron chi connectivity index (χ3n) is 3.15. The Kier molecular flexibility index (Phi) is 5.90. The van der Waals surface area contributed by atoms with Gasteiger partial charge in [-0.05, 0) is 45.0 Å². The van der Waals surface area contributed by atoms with E-state index in [1.54, 1.807) is 11.8 Å². The van der Waals surface area contributed by atoms with Crippen LogP contribution in [0.1, 0.15) is 19.4 Å². The van der Waals surface area contributed by atoms with Crippen LogP contribution in [0.2, 0.25) is 0 Å². The van der Waals surface area contributed by atoms with Gasteiger partial charge in [-0.15, -0.1) is 11.8 Å².